The Morgan fingerprint density at radius 3 is 2.44 bits per heavy atom. The topological polar surface area (TPSA) is 24.4 Å². The molecule has 0 unspecified atom stereocenters. The van der Waals surface area contributed by atoms with Gasteiger partial charge in [-0.25, -0.2) is 0 Å². The van der Waals surface area contributed by atoms with Crippen LogP contribution in [0.2, 0.25) is 0 Å². The Kier molecular flexibility index (Phi) is 4.58. The van der Waals surface area contributed by atoms with Gasteiger partial charge in [-0.1, -0.05) is 13.8 Å². The first-order valence-corrected chi connectivity index (χ1v) is 3.92. The van der Waals surface area contributed by atoms with Gasteiger partial charge in [-0.15, -0.1) is 11.8 Å². The number of nitrogens with zero attached hydrogens (tertiary/aromatic N) is 1. The molecular formula is C6H14N2S. The number of hydrogen-bond donors (Lipinski definition) is 1. The molecule has 0 aromatic carbocycles. The van der Waals surface area contributed by atoms with E-state index in [1.54, 1.807) is 11.8 Å². The Hall–Kier alpha value is -0.180. The van der Waals surface area contributed by atoms with Crippen LogP contribution < -0.4 is 5.43 Å². The molecular weight excluding hydrogens is 132 g/mol. The molecule has 0 aliphatic heterocycles. The first-order chi connectivity index (χ1) is 4.16. The molecule has 0 saturated carbocycles. The number of nitrogens with one attached hydrogen (secondary N) is 1. The summed E-state index contributed by atoms with van der Waals surface area (Å²) in [6.07, 6.45) is 0. The fraction of sp³-hybridized carbons (Fsp3) is 0.833. The third-order valence-corrected chi connectivity index (χ3v) is 1.58. The van der Waals surface area contributed by atoms with E-state index >= 15 is 0 Å². The van der Waals surface area contributed by atoms with Crippen molar-refractivity contribution in [3.63, 3.8) is 0 Å². The lowest BCUT2D eigenvalue weighted by Gasteiger charge is -2.01. The lowest BCUT2D eigenvalue weighted by Crippen LogP contribution is -2.00. The normalized spacial score (nSPS) is 12.3. The molecule has 0 spiro atoms. The predicted octanol–water partition coefficient (Wildman–Crippen LogP) is 1.68. The second kappa shape index (κ2) is 4.68. The Morgan fingerprint density at radius 2 is 2.11 bits per heavy atom. The second-order valence-electron chi connectivity index (χ2n) is 2.02. The minimum absolute atomic E-state index is 0.627. The summed E-state index contributed by atoms with van der Waals surface area (Å²) in [6, 6.07) is 0. The van der Waals surface area contributed by atoms with E-state index in [0.717, 1.165) is 5.04 Å². The first-order valence-electron chi connectivity index (χ1n) is 3.04. The van der Waals surface area contributed by atoms with Crippen LogP contribution >= 0.6 is 11.8 Å². The van der Waals surface area contributed by atoms with E-state index in [1.807, 2.05) is 14.0 Å². The van der Waals surface area contributed by atoms with Gasteiger partial charge in [0.15, 0.2) is 0 Å². The van der Waals surface area contributed by atoms with E-state index in [0.29, 0.717) is 5.25 Å². The van der Waals surface area contributed by atoms with Crippen LogP contribution in [0.1, 0.15) is 20.8 Å². The third-order valence-electron chi connectivity index (χ3n) is 0.676. The van der Waals surface area contributed by atoms with Crippen molar-refractivity contribution in [3.8, 4) is 0 Å². The maximum atomic E-state index is 3.99. The van der Waals surface area contributed by atoms with Gasteiger partial charge in [-0.3, -0.25) is 0 Å². The molecule has 1 N–H and O–H groups in total. The second-order valence-corrected chi connectivity index (χ2v) is 3.79. The van der Waals surface area contributed by atoms with Crippen LogP contribution in [0, 0.1) is 0 Å². The average molecular weight is 146 g/mol. The van der Waals surface area contributed by atoms with Crippen LogP contribution in [0.4, 0.5) is 0 Å². The van der Waals surface area contributed by atoms with Gasteiger partial charge in [0.05, 0.1) is 5.04 Å². The quantitative estimate of drug-likeness (QED) is 0.364. The molecule has 54 valence electrons. The molecule has 0 aromatic rings. The van der Waals surface area contributed by atoms with Crippen LogP contribution in [-0.4, -0.2) is 17.3 Å². The van der Waals surface area contributed by atoms with Crippen LogP contribution in [0.15, 0.2) is 5.10 Å². The summed E-state index contributed by atoms with van der Waals surface area (Å²) in [7, 11) is 1.81. The van der Waals surface area contributed by atoms with Gasteiger partial charge in [-0.05, 0) is 6.92 Å². The van der Waals surface area contributed by atoms with Crippen LogP contribution in [0.5, 0.6) is 0 Å². The van der Waals surface area contributed by atoms with Gasteiger partial charge in [0.25, 0.3) is 0 Å². The van der Waals surface area contributed by atoms with E-state index in [1.165, 1.54) is 0 Å². The van der Waals surface area contributed by atoms with Crippen molar-refractivity contribution in [3.05, 3.63) is 0 Å². The lowest BCUT2D eigenvalue weighted by molar-refractivity contribution is 0.904. The molecule has 0 aromatic heterocycles. The van der Waals surface area contributed by atoms with Crippen molar-refractivity contribution >= 4 is 16.8 Å². The summed E-state index contributed by atoms with van der Waals surface area (Å²) < 4.78 is 0. The third kappa shape index (κ3) is 5.69. The highest BCUT2D eigenvalue weighted by Crippen LogP contribution is 2.10. The molecule has 9 heavy (non-hydrogen) atoms. The molecule has 0 aliphatic carbocycles. The molecule has 0 bridgehead atoms. The smallest absolute Gasteiger partial charge is 0.0902 e. The zero-order valence-electron chi connectivity index (χ0n) is 6.43. The van der Waals surface area contributed by atoms with E-state index in [9.17, 15) is 0 Å². The molecule has 3 heteroatoms. The summed E-state index contributed by atoms with van der Waals surface area (Å²) in [4.78, 5) is 0. The van der Waals surface area contributed by atoms with Gasteiger partial charge in [-0.2, -0.15) is 5.10 Å². The number of thioether (sulfide) groups is 1. The zero-order valence-corrected chi connectivity index (χ0v) is 7.25. The molecule has 0 saturated heterocycles. The maximum absolute atomic E-state index is 3.99. The minimum Gasteiger partial charge on any atom is -0.312 e. The monoisotopic (exact) mass is 146 g/mol. The molecule has 0 amide bonds. The van der Waals surface area contributed by atoms with Crippen molar-refractivity contribution in [1.29, 1.82) is 0 Å². The number of hydrogen-bond acceptors (Lipinski definition) is 3. The van der Waals surface area contributed by atoms with Gasteiger partial charge in [0.1, 0.15) is 0 Å². The van der Waals surface area contributed by atoms with Gasteiger partial charge in [0.2, 0.25) is 0 Å². The van der Waals surface area contributed by atoms with Crippen molar-refractivity contribution in [1.82, 2.24) is 5.43 Å². The van der Waals surface area contributed by atoms with Gasteiger partial charge < -0.3 is 5.43 Å². The summed E-state index contributed by atoms with van der Waals surface area (Å²) >= 11 is 1.77. The summed E-state index contributed by atoms with van der Waals surface area (Å²) in [5.41, 5.74) is 2.74. The Morgan fingerprint density at radius 1 is 1.56 bits per heavy atom. The molecule has 0 aliphatic rings. The Bertz CT molecular complexity index is 99.2. The molecule has 0 fully saturated rings. The maximum Gasteiger partial charge on any atom is 0.0902 e. The SMILES string of the molecule is CN/N=C(\C)SC(C)C. The highest BCUT2D eigenvalue weighted by atomic mass is 32.2. The van der Waals surface area contributed by atoms with Gasteiger partial charge in [0, 0.05) is 12.3 Å². The average Bonchev–Trinajstić information content (AvgIpc) is 1.63. The van der Waals surface area contributed by atoms with E-state index < -0.39 is 0 Å². The van der Waals surface area contributed by atoms with Crippen molar-refractivity contribution < 1.29 is 0 Å². The van der Waals surface area contributed by atoms with E-state index in [4.69, 9.17) is 0 Å². The highest BCUT2D eigenvalue weighted by molar-refractivity contribution is 8.14. The van der Waals surface area contributed by atoms with Crippen molar-refractivity contribution in [2.45, 2.75) is 26.0 Å². The highest BCUT2D eigenvalue weighted by Gasteiger charge is 1.95. The van der Waals surface area contributed by atoms with Gasteiger partial charge >= 0.3 is 0 Å². The summed E-state index contributed by atoms with van der Waals surface area (Å²) in [6.45, 7) is 6.31. The Balaban J connectivity index is 3.49. The molecule has 0 heterocycles. The zero-order chi connectivity index (χ0) is 7.28. The Labute approximate surface area is 61.1 Å². The van der Waals surface area contributed by atoms with E-state index in [-0.39, 0.29) is 0 Å². The van der Waals surface area contributed by atoms with E-state index in [2.05, 4.69) is 24.4 Å². The molecule has 0 atom stereocenters. The minimum atomic E-state index is 0.627. The molecule has 0 rings (SSSR count). The lowest BCUT2D eigenvalue weighted by atomic mass is 10.6. The first kappa shape index (κ1) is 8.82. The van der Waals surface area contributed by atoms with Crippen LogP contribution in [0.3, 0.4) is 0 Å². The van der Waals surface area contributed by atoms with Crippen LogP contribution in [0.25, 0.3) is 0 Å². The van der Waals surface area contributed by atoms with Crippen molar-refractivity contribution in [2.75, 3.05) is 7.05 Å². The molecule has 2 nitrogen and oxygen atoms in total. The fourth-order valence-corrected chi connectivity index (χ4v) is 1.35. The fourth-order valence-electron chi connectivity index (χ4n) is 0.525. The standard InChI is InChI=1S/C6H14N2S/c1-5(2)9-6(3)8-7-4/h5,7H,1-4H3/b8-6+. The summed E-state index contributed by atoms with van der Waals surface area (Å²) in [5, 5.41) is 5.71. The largest absolute Gasteiger partial charge is 0.312 e. The number of hydrazone groups is 1. The van der Waals surface area contributed by atoms with Crippen LogP contribution in [-0.2, 0) is 0 Å². The number of rotatable bonds is 2. The predicted molar refractivity (Wildman–Crippen MR) is 44.9 cm³/mol. The van der Waals surface area contributed by atoms with Crippen molar-refractivity contribution in [2.24, 2.45) is 5.10 Å². The summed E-state index contributed by atoms with van der Waals surface area (Å²) in [5.74, 6) is 0. The molecule has 0 radical (unpaired) electrons.